The van der Waals surface area contributed by atoms with E-state index in [2.05, 4.69) is 5.32 Å². The highest BCUT2D eigenvalue weighted by molar-refractivity contribution is 6.35. The zero-order valence-corrected chi connectivity index (χ0v) is 15.4. The molecule has 0 aromatic heterocycles. The molecule has 3 N–H and O–H groups in total. The van der Waals surface area contributed by atoms with Crippen molar-refractivity contribution in [3.8, 4) is 5.75 Å². The molecule has 1 aromatic carbocycles. The van der Waals surface area contributed by atoms with E-state index < -0.39 is 0 Å². The molecule has 23 heavy (non-hydrogen) atoms. The van der Waals surface area contributed by atoms with Gasteiger partial charge in [0.15, 0.2) is 0 Å². The molecule has 1 aliphatic rings. The highest BCUT2D eigenvalue weighted by atomic mass is 35.5. The molecule has 1 fully saturated rings. The summed E-state index contributed by atoms with van der Waals surface area (Å²) in [7, 11) is 0. The second kappa shape index (κ2) is 8.97. The Morgan fingerprint density at radius 1 is 1.43 bits per heavy atom. The third kappa shape index (κ3) is 6.03. The number of halogens is 3. The van der Waals surface area contributed by atoms with Crippen molar-refractivity contribution < 1.29 is 9.53 Å². The standard InChI is InChI=1S/C16H22Cl2N2O2.ClH/c1-16(10-19,11-4-5-11)20-15(21)3-2-8-22-14-7-6-12(17)9-13(14)18;/h6-7,9,11H,2-5,8,10,19H2,1H3,(H,20,21);1H. The molecule has 0 spiro atoms. The fraction of sp³-hybridized carbons (Fsp3) is 0.562. The summed E-state index contributed by atoms with van der Waals surface area (Å²) < 4.78 is 5.56. The minimum absolute atomic E-state index is 0. The smallest absolute Gasteiger partial charge is 0.220 e. The van der Waals surface area contributed by atoms with Crippen LogP contribution in [0, 0.1) is 5.92 Å². The molecule has 1 aromatic rings. The molecule has 7 heteroatoms. The predicted octanol–water partition coefficient (Wildman–Crippen LogP) is 3.82. The lowest BCUT2D eigenvalue weighted by Crippen LogP contribution is -2.53. The maximum Gasteiger partial charge on any atom is 0.220 e. The second-order valence-electron chi connectivity index (χ2n) is 5.97. The number of nitrogens with one attached hydrogen (secondary N) is 1. The third-order valence-corrected chi connectivity index (χ3v) is 4.56. The Bertz CT molecular complexity index is 538. The van der Waals surface area contributed by atoms with Crippen LogP contribution in [0.25, 0.3) is 0 Å². The Balaban J connectivity index is 0.00000264. The van der Waals surface area contributed by atoms with Crippen LogP contribution in [0.3, 0.4) is 0 Å². The summed E-state index contributed by atoms with van der Waals surface area (Å²) in [6.07, 6.45) is 3.32. The summed E-state index contributed by atoms with van der Waals surface area (Å²) in [5, 5.41) is 4.10. The summed E-state index contributed by atoms with van der Waals surface area (Å²) in [6, 6.07) is 5.08. The molecule has 1 amide bonds. The van der Waals surface area contributed by atoms with E-state index in [-0.39, 0.29) is 23.9 Å². The van der Waals surface area contributed by atoms with Crippen molar-refractivity contribution in [2.75, 3.05) is 13.2 Å². The molecule has 0 bridgehead atoms. The first-order chi connectivity index (χ1) is 10.4. The van der Waals surface area contributed by atoms with Gasteiger partial charge in [-0.15, -0.1) is 12.4 Å². The lowest BCUT2D eigenvalue weighted by molar-refractivity contribution is -0.123. The van der Waals surface area contributed by atoms with Gasteiger partial charge in [-0.3, -0.25) is 4.79 Å². The molecule has 0 heterocycles. The molecule has 0 radical (unpaired) electrons. The highest BCUT2D eigenvalue weighted by Crippen LogP contribution is 2.39. The van der Waals surface area contributed by atoms with E-state index in [1.54, 1.807) is 18.2 Å². The SMILES string of the molecule is CC(CN)(NC(=O)CCCOc1ccc(Cl)cc1Cl)C1CC1.Cl. The molecule has 1 aliphatic carbocycles. The molecular weight excluding hydrogens is 359 g/mol. The van der Waals surface area contributed by atoms with Crippen molar-refractivity contribution in [2.45, 2.75) is 38.1 Å². The van der Waals surface area contributed by atoms with Crippen LogP contribution in [-0.2, 0) is 4.79 Å². The number of benzene rings is 1. The van der Waals surface area contributed by atoms with E-state index in [0.29, 0.717) is 47.7 Å². The first kappa shape index (κ1) is 20.4. The van der Waals surface area contributed by atoms with Gasteiger partial charge in [0.05, 0.1) is 17.2 Å². The van der Waals surface area contributed by atoms with Gasteiger partial charge in [0.2, 0.25) is 5.91 Å². The van der Waals surface area contributed by atoms with Crippen molar-refractivity contribution in [1.82, 2.24) is 5.32 Å². The van der Waals surface area contributed by atoms with Crippen LogP contribution in [0.5, 0.6) is 5.75 Å². The van der Waals surface area contributed by atoms with Crippen LogP contribution in [0.2, 0.25) is 10.0 Å². The average molecular weight is 382 g/mol. The summed E-state index contributed by atoms with van der Waals surface area (Å²) in [5.41, 5.74) is 5.52. The summed E-state index contributed by atoms with van der Waals surface area (Å²) >= 11 is 11.8. The Morgan fingerprint density at radius 2 is 2.13 bits per heavy atom. The second-order valence-corrected chi connectivity index (χ2v) is 6.81. The number of hydrogen-bond donors (Lipinski definition) is 2. The van der Waals surface area contributed by atoms with Gasteiger partial charge < -0.3 is 15.8 Å². The molecule has 1 saturated carbocycles. The summed E-state index contributed by atoms with van der Waals surface area (Å²) in [5.74, 6) is 1.12. The number of nitrogens with two attached hydrogens (primary N) is 1. The lowest BCUT2D eigenvalue weighted by atomic mass is 9.95. The van der Waals surface area contributed by atoms with E-state index in [1.807, 2.05) is 6.92 Å². The van der Waals surface area contributed by atoms with Crippen molar-refractivity contribution in [3.63, 3.8) is 0 Å². The molecule has 130 valence electrons. The molecular formula is C16H23Cl3N2O2. The molecule has 2 rings (SSSR count). The fourth-order valence-corrected chi connectivity index (χ4v) is 2.89. The molecule has 0 aliphatic heterocycles. The molecule has 1 atom stereocenters. The summed E-state index contributed by atoms with van der Waals surface area (Å²) in [4.78, 5) is 12.0. The van der Waals surface area contributed by atoms with Crippen molar-refractivity contribution in [3.05, 3.63) is 28.2 Å². The van der Waals surface area contributed by atoms with Crippen LogP contribution >= 0.6 is 35.6 Å². The van der Waals surface area contributed by atoms with E-state index >= 15 is 0 Å². The molecule has 1 unspecified atom stereocenters. The van der Waals surface area contributed by atoms with Gasteiger partial charge in [0.1, 0.15) is 5.75 Å². The average Bonchev–Trinajstić information content (AvgIpc) is 3.30. The van der Waals surface area contributed by atoms with Gasteiger partial charge in [-0.1, -0.05) is 23.2 Å². The summed E-state index contributed by atoms with van der Waals surface area (Å²) in [6.45, 7) is 2.92. The van der Waals surface area contributed by atoms with E-state index in [4.69, 9.17) is 33.7 Å². The first-order valence-electron chi connectivity index (χ1n) is 7.53. The predicted molar refractivity (Wildman–Crippen MR) is 96.8 cm³/mol. The van der Waals surface area contributed by atoms with Crippen LogP contribution < -0.4 is 15.8 Å². The monoisotopic (exact) mass is 380 g/mol. The van der Waals surface area contributed by atoms with Gasteiger partial charge in [-0.2, -0.15) is 0 Å². The number of amides is 1. The van der Waals surface area contributed by atoms with Gasteiger partial charge in [0, 0.05) is 18.0 Å². The quantitative estimate of drug-likeness (QED) is 0.673. The van der Waals surface area contributed by atoms with Crippen molar-refractivity contribution >= 4 is 41.5 Å². The Hall–Kier alpha value is -0.680. The van der Waals surface area contributed by atoms with Gasteiger partial charge in [-0.25, -0.2) is 0 Å². The third-order valence-electron chi connectivity index (χ3n) is 4.03. The minimum Gasteiger partial charge on any atom is -0.492 e. The number of hydrogen-bond acceptors (Lipinski definition) is 3. The number of ether oxygens (including phenoxy) is 1. The van der Waals surface area contributed by atoms with Crippen LogP contribution in [0.15, 0.2) is 18.2 Å². The Labute approximate surface area is 153 Å². The van der Waals surface area contributed by atoms with Crippen molar-refractivity contribution in [1.29, 1.82) is 0 Å². The molecule has 4 nitrogen and oxygen atoms in total. The van der Waals surface area contributed by atoms with Crippen LogP contribution in [0.1, 0.15) is 32.6 Å². The van der Waals surface area contributed by atoms with E-state index in [1.165, 1.54) is 0 Å². The van der Waals surface area contributed by atoms with Gasteiger partial charge in [-0.05, 0) is 50.3 Å². The van der Waals surface area contributed by atoms with Crippen LogP contribution in [-0.4, -0.2) is 24.6 Å². The zero-order chi connectivity index (χ0) is 16.2. The number of carbonyl (C=O) groups excluding carboxylic acids is 1. The number of carbonyl (C=O) groups is 1. The normalized spacial score (nSPS) is 16.2. The minimum atomic E-state index is -0.266. The Kier molecular flexibility index (Phi) is 7.95. The lowest BCUT2D eigenvalue weighted by Gasteiger charge is -2.29. The maximum absolute atomic E-state index is 12.0. The van der Waals surface area contributed by atoms with E-state index in [0.717, 1.165) is 12.8 Å². The topological polar surface area (TPSA) is 64.3 Å². The Morgan fingerprint density at radius 3 is 2.70 bits per heavy atom. The number of rotatable bonds is 8. The van der Waals surface area contributed by atoms with Crippen LogP contribution in [0.4, 0.5) is 0 Å². The van der Waals surface area contributed by atoms with Gasteiger partial charge in [0.25, 0.3) is 0 Å². The largest absolute Gasteiger partial charge is 0.492 e. The van der Waals surface area contributed by atoms with E-state index in [9.17, 15) is 4.79 Å². The maximum atomic E-state index is 12.0. The van der Waals surface area contributed by atoms with Crippen molar-refractivity contribution in [2.24, 2.45) is 11.7 Å². The zero-order valence-electron chi connectivity index (χ0n) is 13.1. The molecule has 0 saturated heterocycles. The highest BCUT2D eigenvalue weighted by Gasteiger charge is 2.41. The van der Waals surface area contributed by atoms with Gasteiger partial charge >= 0.3 is 0 Å². The first-order valence-corrected chi connectivity index (χ1v) is 8.29. The fourth-order valence-electron chi connectivity index (χ4n) is 2.43.